The van der Waals surface area contributed by atoms with E-state index in [2.05, 4.69) is 10.6 Å². The SMILES string of the molecule is Cc1ccc(N)c(NC2CNC(=O)C2)c1. The fourth-order valence-electron chi connectivity index (χ4n) is 1.72. The first-order valence-corrected chi connectivity index (χ1v) is 5.04. The van der Waals surface area contributed by atoms with Crippen LogP contribution in [0.4, 0.5) is 11.4 Å². The molecule has 1 atom stereocenters. The average Bonchev–Trinajstić information content (AvgIpc) is 2.58. The second-order valence-corrected chi connectivity index (χ2v) is 3.94. The number of benzene rings is 1. The van der Waals surface area contributed by atoms with Gasteiger partial charge in [0.25, 0.3) is 0 Å². The molecule has 1 fully saturated rings. The third-order valence-electron chi connectivity index (χ3n) is 2.55. The minimum atomic E-state index is 0.0960. The highest BCUT2D eigenvalue weighted by molar-refractivity contribution is 5.80. The Morgan fingerprint density at radius 2 is 2.33 bits per heavy atom. The highest BCUT2D eigenvalue weighted by atomic mass is 16.1. The lowest BCUT2D eigenvalue weighted by Crippen LogP contribution is -2.22. The Bertz CT molecular complexity index is 389. The molecule has 1 amide bonds. The van der Waals surface area contributed by atoms with Crippen LogP contribution in [0.25, 0.3) is 0 Å². The van der Waals surface area contributed by atoms with Crippen LogP contribution in [-0.2, 0) is 4.79 Å². The van der Waals surface area contributed by atoms with Gasteiger partial charge in [-0.2, -0.15) is 0 Å². The molecule has 1 aromatic rings. The molecule has 1 aromatic carbocycles. The highest BCUT2D eigenvalue weighted by Crippen LogP contribution is 2.21. The Labute approximate surface area is 88.9 Å². The van der Waals surface area contributed by atoms with E-state index in [9.17, 15) is 4.79 Å². The van der Waals surface area contributed by atoms with Gasteiger partial charge in [0.15, 0.2) is 0 Å². The van der Waals surface area contributed by atoms with Crippen LogP contribution in [0, 0.1) is 6.92 Å². The molecule has 1 aliphatic heterocycles. The van der Waals surface area contributed by atoms with E-state index in [1.54, 1.807) is 0 Å². The van der Waals surface area contributed by atoms with Crippen LogP contribution < -0.4 is 16.4 Å². The summed E-state index contributed by atoms with van der Waals surface area (Å²) >= 11 is 0. The van der Waals surface area contributed by atoms with Crippen LogP contribution in [0.3, 0.4) is 0 Å². The zero-order valence-corrected chi connectivity index (χ0v) is 8.71. The van der Waals surface area contributed by atoms with Crippen molar-refractivity contribution in [1.82, 2.24) is 5.32 Å². The lowest BCUT2D eigenvalue weighted by atomic mass is 10.1. The number of carbonyl (C=O) groups excluding carboxylic acids is 1. The molecular formula is C11H15N3O. The van der Waals surface area contributed by atoms with Crippen molar-refractivity contribution in [3.63, 3.8) is 0 Å². The summed E-state index contributed by atoms with van der Waals surface area (Å²) in [5.74, 6) is 0.0960. The molecule has 2 rings (SSSR count). The molecule has 4 N–H and O–H groups in total. The van der Waals surface area contributed by atoms with Crippen molar-refractivity contribution in [2.24, 2.45) is 0 Å². The van der Waals surface area contributed by atoms with Crippen LogP contribution in [0.15, 0.2) is 18.2 Å². The minimum absolute atomic E-state index is 0.0960. The number of hydrogen-bond donors (Lipinski definition) is 3. The van der Waals surface area contributed by atoms with Crippen molar-refractivity contribution in [3.8, 4) is 0 Å². The molecule has 0 aromatic heterocycles. The minimum Gasteiger partial charge on any atom is -0.397 e. The van der Waals surface area contributed by atoms with E-state index in [0.717, 1.165) is 16.9 Å². The summed E-state index contributed by atoms with van der Waals surface area (Å²) in [4.78, 5) is 11.0. The summed E-state index contributed by atoms with van der Waals surface area (Å²) in [6.45, 7) is 2.69. The van der Waals surface area contributed by atoms with Gasteiger partial charge in [0.1, 0.15) is 0 Å². The molecule has 4 heteroatoms. The average molecular weight is 205 g/mol. The summed E-state index contributed by atoms with van der Waals surface area (Å²) in [6.07, 6.45) is 0.521. The first-order chi connectivity index (χ1) is 7.15. The number of nitrogen functional groups attached to an aromatic ring is 1. The molecule has 4 nitrogen and oxygen atoms in total. The molecule has 1 aliphatic rings. The van der Waals surface area contributed by atoms with Gasteiger partial charge in [-0.1, -0.05) is 6.07 Å². The number of hydrogen-bond acceptors (Lipinski definition) is 3. The Kier molecular flexibility index (Phi) is 2.49. The smallest absolute Gasteiger partial charge is 0.222 e. The van der Waals surface area contributed by atoms with E-state index >= 15 is 0 Å². The number of anilines is 2. The lowest BCUT2D eigenvalue weighted by molar-refractivity contribution is -0.119. The van der Waals surface area contributed by atoms with Crippen molar-refractivity contribution in [2.75, 3.05) is 17.6 Å². The zero-order valence-electron chi connectivity index (χ0n) is 8.71. The number of aryl methyl sites for hydroxylation is 1. The van der Waals surface area contributed by atoms with E-state index in [0.29, 0.717) is 13.0 Å². The predicted molar refractivity (Wildman–Crippen MR) is 60.6 cm³/mol. The molecule has 15 heavy (non-hydrogen) atoms. The van der Waals surface area contributed by atoms with E-state index in [4.69, 9.17) is 5.73 Å². The van der Waals surface area contributed by atoms with Gasteiger partial charge in [-0.25, -0.2) is 0 Å². The van der Waals surface area contributed by atoms with Crippen molar-refractivity contribution >= 4 is 17.3 Å². The number of nitrogens with one attached hydrogen (secondary N) is 2. The Morgan fingerprint density at radius 3 is 3.00 bits per heavy atom. The number of rotatable bonds is 2. The monoisotopic (exact) mass is 205 g/mol. The second kappa shape index (κ2) is 3.81. The highest BCUT2D eigenvalue weighted by Gasteiger charge is 2.21. The van der Waals surface area contributed by atoms with Crippen molar-refractivity contribution in [2.45, 2.75) is 19.4 Å². The predicted octanol–water partition coefficient (Wildman–Crippen LogP) is 0.878. The van der Waals surface area contributed by atoms with Crippen LogP contribution >= 0.6 is 0 Å². The standard InChI is InChI=1S/C11H15N3O/c1-7-2-3-9(12)10(4-7)14-8-5-11(15)13-6-8/h2-4,8,14H,5-6,12H2,1H3,(H,13,15). The molecule has 80 valence electrons. The molecule has 0 aliphatic carbocycles. The number of amides is 1. The first kappa shape index (κ1) is 9.83. The van der Waals surface area contributed by atoms with Crippen LogP contribution in [0.2, 0.25) is 0 Å². The molecule has 0 bridgehead atoms. The van der Waals surface area contributed by atoms with Gasteiger partial charge < -0.3 is 16.4 Å². The Morgan fingerprint density at radius 1 is 1.53 bits per heavy atom. The summed E-state index contributed by atoms with van der Waals surface area (Å²) < 4.78 is 0. The number of nitrogens with two attached hydrogens (primary N) is 1. The van der Waals surface area contributed by atoms with Gasteiger partial charge in [0, 0.05) is 13.0 Å². The van der Waals surface area contributed by atoms with E-state index < -0.39 is 0 Å². The van der Waals surface area contributed by atoms with Gasteiger partial charge in [0.05, 0.1) is 17.4 Å². The van der Waals surface area contributed by atoms with E-state index in [-0.39, 0.29) is 11.9 Å². The molecule has 1 heterocycles. The molecule has 0 saturated carbocycles. The van der Waals surface area contributed by atoms with Gasteiger partial charge in [-0.3, -0.25) is 4.79 Å². The maximum atomic E-state index is 11.0. The topological polar surface area (TPSA) is 67.2 Å². The van der Waals surface area contributed by atoms with Crippen LogP contribution in [0.1, 0.15) is 12.0 Å². The maximum absolute atomic E-state index is 11.0. The first-order valence-electron chi connectivity index (χ1n) is 5.04. The second-order valence-electron chi connectivity index (χ2n) is 3.94. The molecule has 0 radical (unpaired) electrons. The normalized spacial score (nSPS) is 20.1. The van der Waals surface area contributed by atoms with Crippen LogP contribution in [-0.4, -0.2) is 18.5 Å². The van der Waals surface area contributed by atoms with Crippen molar-refractivity contribution in [1.29, 1.82) is 0 Å². The zero-order chi connectivity index (χ0) is 10.8. The third kappa shape index (κ3) is 2.21. The summed E-state index contributed by atoms with van der Waals surface area (Å²) in [6, 6.07) is 6.00. The van der Waals surface area contributed by atoms with Crippen LogP contribution in [0.5, 0.6) is 0 Å². The van der Waals surface area contributed by atoms with E-state index in [1.807, 2.05) is 25.1 Å². The molecular weight excluding hydrogens is 190 g/mol. The summed E-state index contributed by atoms with van der Waals surface area (Å²) in [7, 11) is 0. The van der Waals surface area contributed by atoms with E-state index in [1.165, 1.54) is 0 Å². The summed E-state index contributed by atoms with van der Waals surface area (Å²) in [5, 5.41) is 6.05. The maximum Gasteiger partial charge on any atom is 0.222 e. The largest absolute Gasteiger partial charge is 0.397 e. The van der Waals surface area contributed by atoms with Gasteiger partial charge >= 0.3 is 0 Å². The quantitative estimate of drug-likeness (QED) is 0.628. The fraction of sp³-hybridized carbons (Fsp3) is 0.364. The molecule has 1 saturated heterocycles. The van der Waals surface area contributed by atoms with Gasteiger partial charge in [-0.05, 0) is 24.6 Å². The Balaban J connectivity index is 2.10. The molecule has 1 unspecified atom stereocenters. The van der Waals surface area contributed by atoms with Crippen molar-refractivity contribution < 1.29 is 4.79 Å². The Hall–Kier alpha value is -1.71. The lowest BCUT2D eigenvalue weighted by Gasteiger charge is -2.14. The molecule has 0 spiro atoms. The fourth-order valence-corrected chi connectivity index (χ4v) is 1.72. The summed E-state index contributed by atoms with van der Waals surface area (Å²) in [5.41, 5.74) is 8.63. The third-order valence-corrected chi connectivity index (χ3v) is 2.55. The van der Waals surface area contributed by atoms with Gasteiger partial charge in [0.2, 0.25) is 5.91 Å². The number of carbonyl (C=O) groups is 1. The van der Waals surface area contributed by atoms with Gasteiger partial charge in [-0.15, -0.1) is 0 Å². The van der Waals surface area contributed by atoms with Crippen molar-refractivity contribution in [3.05, 3.63) is 23.8 Å².